The summed E-state index contributed by atoms with van der Waals surface area (Å²) in [5.41, 5.74) is 2.71. The fourth-order valence-electron chi connectivity index (χ4n) is 4.57. The summed E-state index contributed by atoms with van der Waals surface area (Å²) in [6, 6.07) is 15.4. The summed E-state index contributed by atoms with van der Waals surface area (Å²) >= 11 is 0. The first-order valence-corrected chi connectivity index (χ1v) is 11.9. The number of carboxylic acids is 1. The van der Waals surface area contributed by atoms with E-state index in [1.165, 1.54) is 0 Å². The van der Waals surface area contributed by atoms with Gasteiger partial charge in [0.25, 0.3) is 0 Å². The van der Waals surface area contributed by atoms with Gasteiger partial charge in [0, 0.05) is 12.6 Å². The number of carbonyl (C=O) groups excluding carboxylic acids is 2. The fourth-order valence-corrected chi connectivity index (χ4v) is 4.57. The average Bonchev–Trinajstić information content (AvgIpc) is 2.81. The zero-order valence-electron chi connectivity index (χ0n) is 20.1. The highest BCUT2D eigenvalue weighted by molar-refractivity contribution is 5.86. The van der Waals surface area contributed by atoms with Crippen molar-refractivity contribution in [1.29, 1.82) is 0 Å². The Balaban J connectivity index is 1.96. The number of aliphatic carboxylic acids is 1. The molecule has 1 aliphatic heterocycles. The average molecular weight is 467 g/mol. The van der Waals surface area contributed by atoms with Crippen LogP contribution in [0.2, 0.25) is 0 Å². The number of fused-ring (bicyclic) bond motifs is 1. The second-order valence-electron chi connectivity index (χ2n) is 8.99. The highest BCUT2D eigenvalue weighted by atomic mass is 16.5. The summed E-state index contributed by atoms with van der Waals surface area (Å²) in [7, 11) is 0. The van der Waals surface area contributed by atoms with Crippen LogP contribution in [0.3, 0.4) is 0 Å². The Morgan fingerprint density at radius 1 is 1.09 bits per heavy atom. The molecule has 2 aromatic rings. The molecular weight excluding hydrogens is 432 g/mol. The Morgan fingerprint density at radius 2 is 1.76 bits per heavy atom. The van der Waals surface area contributed by atoms with Crippen molar-refractivity contribution in [2.45, 2.75) is 58.2 Å². The number of carbonyl (C=O) groups is 3. The van der Waals surface area contributed by atoms with Crippen molar-refractivity contribution in [3.05, 3.63) is 71.3 Å². The van der Waals surface area contributed by atoms with Crippen LogP contribution < -0.4 is 5.32 Å². The van der Waals surface area contributed by atoms with Gasteiger partial charge in [0.15, 0.2) is 0 Å². The predicted octanol–water partition coefficient (Wildman–Crippen LogP) is 3.38. The molecule has 2 N–H and O–H groups in total. The summed E-state index contributed by atoms with van der Waals surface area (Å²) in [5.74, 6) is -2.22. The molecule has 0 spiro atoms. The topological polar surface area (TPSA) is 95.9 Å². The molecule has 7 nitrogen and oxygen atoms in total. The molecular formula is C27H34N2O5. The van der Waals surface area contributed by atoms with E-state index < -0.39 is 24.0 Å². The zero-order valence-corrected chi connectivity index (χ0v) is 20.1. The summed E-state index contributed by atoms with van der Waals surface area (Å²) < 4.78 is 5.35. The first kappa shape index (κ1) is 25.4. The van der Waals surface area contributed by atoms with Gasteiger partial charge >= 0.3 is 11.9 Å². The molecule has 1 aliphatic rings. The van der Waals surface area contributed by atoms with Gasteiger partial charge in [0.2, 0.25) is 5.91 Å². The molecule has 3 atom stereocenters. The minimum absolute atomic E-state index is 0.106. The maximum absolute atomic E-state index is 13.3. The normalized spacial score (nSPS) is 18.7. The van der Waals surface area contributed by atoms with Crippen molar-refractivity contribution >= 4 is 17.8 Å². The van der Waals surface area contributed by atoms with E-state index in [9.17, 15) is 19.5 Å². The van der Waals surface area contributed by atoms with Gasteiger partial charge in [-0.15, -0.1) is 0 Å². The zero-order chi connectivity index (χ0) is 24.7. The van der Waals surface area contributed by atoms with E-state index in [-0.39, 0.29) is 37.5 Å². The standard InChI is InChI=1S/C27H34N2O5/c1-4-34-27(33)21(15-14-19-10-6-5-7-11-19)17-29-23(26(31)32)16-20-12-8-9-13-22(20)24(29)25(30)28-18(2)3/h5-13,18,21,23-24H,4,14-17H2,1-3H3,(H,28,30)(H,31,32)/t21-,23-,24?/m0/s1. The second-order valence-corrected chi connectivity index (χ2v) is 8.99. The van der Waals surface area contributed by atoms with Crippen LogP contribution in [0, 0.1) is 5.92 Å². The van der Waals surface area contributed by atoms with E-state index in [2.05, 4.69) is 5.32 Å². The van der Waals surface area contributed by atoms with Gasteiger partial charge in [-0.3, -0.25) is 19.3 Å². The SMILES string of the molecule is CCOC(=O)[C@@H](CCc1ccccc1)CN1C(C(=O)NC(C)C)c2ccccc2C[C@H]1C(=O)O. The predicted molar refractivity (Wildman–Crippen MR) is 129 cm³/mol. The third-order valence-corrected chi connectivity index (χ3v) is 6.13. The first-order chi connectivity index (χ1) is 16.3. The number of carboxylic acid groups (broad SMARTS) is 1. The quantitative estimate of drug-likeness (QED) is 0.521. The molecule has 34 heavy (non-hydrogen) atoms. The van der Waals surface area contributed by atoms with Gasteiger partial charge in [-0.1, -0.05) is 54.6 Å². The van der Waals surface area contributed by atoms with E-state index >= 15 is 0 Å². The lowest BCUT2D eigenvalue weighted by molar-refractivity contribution is -0.154. The molecule has 3 rings (SSSR count). The Morgan fingerprint density at radius 3 is 2.41 bits per heavy atom. The minimum atomic E-state index is -1.01. The van der Waals surface area contributed by atoms with Gasteiger partial charge < -0.3 is 15.2 Å². The van der Waals surface area contributed by atoms with Crippen molar-refractivity contribution in [3.63, 3.8) is 0 Å². The molecule has 2 aromatic carbocycles. The van der Waals surface area contributed by atoms with Crippen molar-refractivity contribution in [3.8, 4) is 0 Å². The number of nitrogens with zero attached hydrogens (tertiary/aromatic N) is 1. The molecule has 0 aromatic heterocycles. The molecule has 7 heteroatoms. The Bertz CT molecular complexity index is 992. The van der Waals surface area contributed by atoms with Crippen LogP contribution in [0.5, 0.6) is 0 Å². The largest absolute Gasteiger partial charge is 0.480 e. The Kier molecular flexibility index (Phi) is 8.82. The van der Waals surface area contributed by atoms with Crippen LogP contribution in [0.15, 0.2) is 54.6 Å². The number of benzene rings is 2. The highest BCUT2D eigenvalue weighted by Gasteiger charge is 2.43. The molecule has 1 amide bonds. The van der Waals surface area contributed by atoms with Crippen LogP contribution >= 0.6 is 0 Å². The molecule has 0 saturated heterocycles. The van der Waals surface area contributed by atoms with Crippen molar-refractivity contribution in [2.75, 3.05) is 13.2 Å². The van der Waals surface area contributed by atoms with E-state index in [0.717, 1.165) is 16.7 Å². The number of hydrogen-bond donors (Lipinski definition) is 2. The van der Waals surface area contributed by atoms with Crippen LogP contribution in [0.4, 0.5) is 0 Å². The number of rotatable bonds is 10. The molecule has 1 heterocycles. The number of amides is 1. The first-order valence-electron chi connectivity index (χ1n) is 11.9. The van der Waals surface area contributed by atoms with Gasteiger partial charge in [0.1, 0.15) is 12.1 Å². The smallest absolute Gasteiger partial charge is 0.321 e. The number of ether oxygens (including phenoxy) is 1. The van der Waals surface area contributed by atoms with E-state index in [1.807, 2.05) is 68.4 Å². The summed E-state index contributed by atoms with van der Waals surface area (Å²) in [6.45, 7) is 5.85. The van der Waals surface area contributed by atoms with Crippen molar-refractivity contribution in [1.82, 2.24) is 10.2 Å². The maximum Gasteiger partial charge on any atom is 0.321 e. The van der Waals surface area contributed by atoms with Crippen molar-refractivity contribution in [2.24, 2.45) is 5.92 Å². The van der Waals surface area contributed by atoms with Crippen LogP contribution in [0.25, 0.3) is 0 Å². The van der Waals surface area contributed by atoms with Gasteiger partial charge in [-0.2, -0.15) is 0 Å². The summed E-state index contributed by atoms with van der Waals surface area (Å²) in [5, 5.41) is 13.0. The minimum Gasteiger partial charge on any atom is -0.480 e. The molecule has 0 saturated carbocycles. The number of nitrogens with one attached hydrogen (secondary N) is 1. The third-order valence-electron chi connectivity index (χ3n) is 6.13. The van der Waals surface area contributed by atoms with Crippen LogP contribution in [0.1, 0.15) is 49.9 Å². The maximum atomic E-state index is 13.3. The van der Waals surface area contributed by atoms with E-state index in [4.69, 9.17) is 4.74 Å². The Hall–Kier alpha value is -3.19. The molecule has 0 aliphatic carbocycles. The van der Waals surface area contributed by atoms with Gasteiger partial charge in [-0.25, -0.2) is 0 Å². The lowest BCUT2D eigenvalue weighted by Crippen LogP contribution is -2.55. The molecule has 0 radical (unpaired) electrons. The number of hydrogen-bond acceptors (Lipinski definition) is 5. The summed E-state index contributed by atoms with van der Waals surface area (Å²) in [4.78, 5) is 40.3. The molecule has 0 bridgehead atoms. The lowest BCUT2D eigenvalue weighted by atomic mass is 9.86. The monoisotopic (exact) mass is 466 g/mol. The fraction of sp³-hybridized carbons (Fsp3) is 0.444. The van der Waals surface area contributed by atoms with Crippen molar-refractivity contribution < 1.29 is 24.2 Å². The molecule has 0 fully saturated rings. The highest BCUT2D eigenvalue weighted by Crippen LogP contribution is 2.35. The van der Waals surface area contributed by atoms with Gasteiger partial charge in [-0.05, 0) is 56.7 Å². The molecule has 1 unspecified atom stereocenters. The Labute approximate surface area is 201 Å². The summed E-state index contributed by atoms with van der Waals surface area (Å²) in [6.07, 6.45) is 1.41. The number of aryl methyl sites for hydroxylation is 1. The van der Waals surface area contributed by atoms with Crippen LogP contribution in [-0.4, -0.2) is 53.1 Å². The molecule has 182 valence electrons. The van der Waals surface area contributed by atoms with Gasteiger partial charge in [0.05, 0.1) is 12.5 Å². The van der Waals surface area contributed by atoms with E-state index in [0.29, 0.717) is 12.8 Å². The number of esters is 1. The second kappa shape index (κ2) is 11.8. The lowest BCUT2D eigenvalue weighted by Gasteiger charge is -2.42. The van der Waals surface area contributed by atoms with E-state index in [1.54, 1.807) is 11.8 Å². The third kappa shape index (κ3) is 6.23. The van der Waals surface area contributed by atoms with Crippen LogP contribution in [-0.2, 0) is 32.0 Å².